The maximum Gasteiger partial charge on any atom is 0.274 e. The number of hydrogen-bond donors (Lipinski definition) is 1. The second kappa shape index (κ2) is 5.53. The zero-order valence-electron chi connectivity index (χ0n) is 11.1. The molecule has 1 N–H and O–H groups in total. The highest BCUT2D eigenvalue weighted by molar-refractivity contribution is 9.10. The van der Waals surface area contributed by atoms with Crippen molar-refractivity contribution in [2.45, 2.75) is 20.8 Å². The van der Waals surface area contributed by atoms with Crippen LogP contribution in [0.15, 0.2) is 34.9 Å². The molecule has 0 saturated carbocycles. The van der Waals surface area contributed by atoms with Gasteiger partial charge in [-0.05, 0) is 60.0 Å². The Morgan fingerprint density at radius 1 is 1.16 bits per heavy atom. The van der Waals surface area contributed by atoms with Gasteiger partial charge in [0.1, 0.15) is 10.3 Å². The van der Waals surface area contributed by atoms with Crippen molar-refractivity contribution < 1.29 is 4.79 Å². The summed E-state index contributed by atoms with van der Waals surface area (Å²) < 4.78 is 0.650. The van der Waals surface area contributed by atoms with Crippen molar-refractivity contribution in [1.82, 2.24) is 4.98 Å². The molecule has 98 valence electrons. The fourth-order valence-corrected chi connectivity index (χ4v) is 2.43. The molecule has 0 spiro atoms. The van der Waals surface area contributed by atoms with Crippen LogP contribution in [-0.4, -0.2) is 10.9 Å². The van der Waals surface area contributed by atoms with Crippen molar-refractivity contribution >= 4 is 27.5 Å². The average molecular weight is 319 g/mol. The number of benzene rings is 1. The van der Waals surface area contributed by atoms with Crippen molar-refractivity contribution in [3.8, 4) is 0 Å². The van der Waals surface area contributed by atoms with E-state index in [1.807, 2.05) is 20.8 Å². The summed E-state index contributed by atoms with van der Waals surface area (Å²) in [5, 5.41) is 2.93. The summed E-state index contributed by atoms with van der Waals surface area (Å²) in [6.07, 6.45) is 0. The summed E-state index contributed by atoms with van der Waals surface area (Å²) in [6, 6.07) is 9.38. The van der Waals surface area contributed by atoms with Gasteiger partial charge in [-0.25, -0.2) is 4.98 Å². The Bertz CT molecular complexity index is 615. The second-order valence-electron chi connectivity index (χ2n) is 4.57. The number of carbonyl (C=O) groups excluding carboxylic acids is 1. The molecule has 19 heavy (non-hydrogen) atoms. The third-order valence-corrected chi connectivity index (χ3v) is 3.30. The van der Waals surface area contributed by atoms with Gasteiger partial charge in [-0.2, -0.15) is 0 Å². The molecule has 2 rings (SSSR count). The number of anilines is 1. The third kappa shape index (κ3) is 3.20. The number of carbonyl (C=O) groups is 1. The van der Waals surface area contributed by atoms with Crippen LogP contribution in [0.4, 0.5) is 5.69 Å². The Morgan fingerprint density at radius 2 is 1.79 bits per heavy atom. The molecule has 0 atom stereocenters. The van der Waals surface area contributed by atoms with Gasteiger partial charge in [0.05, 0.1) is 0 Å². The largest absolute Gasteiger partial charge is 0.320 e. The summed E-state index contributed by atoms with van der Waals surface area (Å²) in [6.45, 7) is 6.02. The first-order valence-corrected chi connectivity index (χ1v) is 6.78. The number of hydrogen-bond acceptors (Lipinski definition) is 2. The van der Waals surface area contributed by atoms with E-state index in [2.05, 4.69) is 38.4 Å². The van der Waals surface area contributed by atoms with E-state index >= 15 is 0 Å². The molecule has 0 aliphatic carbocycles. The smallest absolute Gasteiger partial charge is 0.274 e. The zero-order valence-corrected chi connectivity index (χ0v) is 12.7. The minimum absolute atomic E-state index is 0.198. The van der Waals surface area contributed by atoms with Gasteiger partial charge in [0.2, 0.25) is 0 Å². The lowest BCUT2D eigenvalue weighted by Crippen LogP contribution is -2.15. The van der Waals surface area contributed by atoms with E-state index in [0.717, 1.165) is 16.8 Å². The molecule has 3 nitrogen and oxygen atoms in total. The van der Waals surface area contributed by atoms with Gasteiger partial charge in [-0.15, -0.1) is 0 Å². The molecular weight excluding hydrogens is 304 g/mol. The lowest BCUT2D eigenvalue weighted by atomic mass is 10.0. The Morgan fingerprint density at radius 3 is 2.37 bits per heavy atom. The monoisotopic (exact) mass is 318 g/mol. The number of rotatable bonds is 2. The van der Waals surface area contributed by atoms with Crippen LogP contribution in [0.5, 0.6) is 0 Å². The van der Waals surface area contributed by atoms with Crippen molar-refractivity contribution in [3.63, 3.8) is 0 Å². The van der Waals surface area contributed by atoms with Crippen molar-refractivity contribution in [2.75, 3.05) is 5.32 Å². The maximum atomic E-state index is 12.2. The number of pyridine rings is 1. The average Bonchev–Trinajstić information content (AvgIpc) is 2.33. The lowest BCUT2D eigenvalue weighted by molar-refractivity contribution is 0.102. The Hall–Kier alpha value is -1.68. The predicted molar refractivity (Wildman–Crippen MR) is 80.5 cm³/mol. The molecule has 0 bridgehead atoms. The number of nitrogens with zero attached hydrogens (tertiary/aromatic N) is 1. The van der Waals surface area contributed by atoms with E-state index in [9.17, 15) is 4.79 Å². The van der Waals surface area contributed by atoms with Crippen LogP contribution in [0, 0.1) is 20.8 Å². The van der Waals surface area contributed by atoms with Gasteiger partial charge in [0.25, 0.3) is 5.91 Å². The van der Waals surface area contributed by atoms with E-state index < -0.39 is 0 Å². The quantitative estimate of drug-likeness (QED) is 0.850. The summed E-state index contributed by atoms with van der Waals surface area (Å²) in [7, 11) is 0. The van der Waals surface area contributed by atoms with Gasteiger partial charge < -0.3 is 5.32 Å². The summed E-state index contributed by atoms with van der Waals surface area (Å²) in [4.78, 5) is 16.3. The highest BCUT2D eigenvalue weighted by Crippen LogP contribution is 2.22. The van der Waals surface area contributed by atoms with Crippen molar-refractivity contribution in [1.29, 1.82) is 0 Å². The van der Waals surface area contributed by atoms with Gasteiger partial charge >= 0.3 is 0 Å². The lowest BCUT2D eigenvalue weighted by Gasteiger charge is -2.12. The molecule has 0 fully saturated rings. The Labute approximate surface area is 121 Å². The second-order valence-corrected chi connectivity index (χ2v) is 5.39. The summed E-state index contributed by atoms with van der Waals surface area (Å²) in [5.74, 6) is -0.198. The van der Waals surface area contributed by atoms with Crippen LogP contribution in [0.25, 0.3) is 0 Å². The van der Waals surface area contributed by atoms with Crippen LogP contribution >= 0.6 is 15.9 Å². The SMILES string of the molecule is Cc1cc(C)c(NC(=O)c2cccc(Br)n2)c(C)c1. The van der Waals surface area contributed by atoms with Gasteiger partial charge in [-0.1, -0.05) is 23.8 Å². The van der Waals surface area contributed by atoms with E-state index in [1.54, 1.807) is 18.2 Å². The Balaban J connectivity index is 2.29. The van der Waals surface area contributed by atoms with E-state index in [4.69, 9.17) is 0 Å². The molecule has 0 aliphatic rings. The highest BCUT2D eigenvalue weighted by Gasteiger charge is 2.11. The number of aromatic nitrogens is 1. The number of halogens is 1. The molecule has 0 unspecified atom stereocenters. The summed E-state index contributed by atoms with van der Waals surface area (Å²) >= 11 is 3.26. The molecule has 2 aromatic rings. The molecule has 0 aliphatic heterocycles. The van der Waals surface area contributed by atoms with Crippen molar-refractivity contribution in [2.24, 2.45) is 0 Å². The first kappa shape index (κ1) is 13.7. The van der Waals surface area contributed by atoms with Gasteiger partial charge in [0.15, 0.2) is 0 Å². The topological polar surface area (TPSA) is 42.0 Å². The molecule has 1 heterocycles. The molecular formula is C15H15BrN2O. The Kier molecular flexibility index (Phi) is 4.00. The predicted octanol–water partition coefficient (Wildman–Crippen LogP) is 4.02. The molecule has 0 radical (unpaired) electrons. The van der Waals surface area contributed by atoms with Gasteiger partial charge in [-0.3, -0.25) is 4.79 Å². The van der Waals surface area contributed by atoms with Crippen LogP contribution in [-0.2, 0) is 0 Å². The van der Waals surface area contributed by atoms with Crippen LogP contribution in [0.2, 0.25) is 0 Å². The fourth-order valence-electron chi connectivity index (χ4n) is 2.09. The summed E-state index contributed by atoms with van der Waals surface area (Å²) in [5.41, 5.74) is 4.56. The van der Waals surface area contributed by atoms with Crippen LogP contribution in [0.3, 0.4) is 0 Å². The number of amides is 1. The van der Waals surface area contributed by atoms with E-state index in [0.29, 0.717) is 10.3 Å². The van der Waals surface area contributed by atoms with Crippen LogP contribution < -0.4 is 5.32 Å². The standard InChI is InChI=1S/C15H15BrN2O/c1-9-7-10(2)14(11(3)8-9)18-15(19)12-5-4-6-13(16)17-12/h4-8H,1-3H3,(H,18,19). The first-order valence-electron chi connectivity index (χ1n) is 5.99. The molecule has 4 heteroatoms. The normalized spacial score (nSPS) is 10.3. The molecule has 1 amide bonds. The molecule has 1 aromatic carbocycles. The third-order valence-electron chi connectivity index (χ3n) is 2.86. The number of nitrogens with one attached hydrogen (secondary N) is 1. The first-order chi connectivity index (χ1) is 8.97. The fraction of sp³-hybridized carbons (Fsp3) is 0.200. The van der Waals surface area contributed by atoms with E-state index in [1.165, 1.54) is 5.56 Å². The molecule has 0 saturated heterocycles. The van der Waals surface area contributed by atoms with Gasteiger partial charge in [0, 0.05) is 5.69 Å². The van der Waals surface area contributed by atoms with Crippen molar-refractivity contribution in [3.05, 3.63) is 57.3 Å². The number of aryl methyl sites for hydroxylation is 3. The minimum atomic E-state index is -0.198. The van der Waals surface area contributed by atoms with Crippen LogP contribution in [0.1, 0.15) is 27.2 Å². The van der Waals surface area contributed by atoms with E-state index in [-0.39, 0.29) is 5.91 Å². The maximum absolute atomic E-state index is 12.2. The zero-order chi connectivity index (χ0) is 14.0. The highest BCUT2D eigenvalue weighted by atomic mass is 79.9. The minimum Gasteiger partial charge on any atom is -0.320 e. The molecule has 1 aromatic heterocycles.